The molecule has 0 aliphatic heterocycles. The highest BCUT2D eigenvalue weighted by atomic mass is 35.5. The highest BCUT2D eigenvalue weighted by Crippen LogP contribution is 2.69. The number of hydrogen-bond donors (Lipinski definition) is 2. The summed E-state index contributed by atoms with van der Waals surface area (Å²) in [6.07, 6.45) is 33.1. The second-order valence-corrected chi connectivity index (χ2v) is 14.7. The van der Waals surface area contributed by atoms with Crippen LogP contribution >= 0.6 is 11.6 Å². The van der Waals surface area contributed by atoms with Crippen molar-refractivity contribution in [1.29, 1.82) is 0 Å². The fourth-order valence-electron chi connectivity index (χ4n) is 11.0. The number of carbonyl (C=O) groups is 1. The largest absolute Gasteiger partial charge is 0.478 e. The van der Waals surface area contributed by atoms with Crippen LogP contribution in [-0.2, 0) is 0 Å². The Morgan fingerprint density at radius 2 is 1.56 bits per heavy atom. The molecular formula is C41H59ClO3. The summed E-state index contributed by atoms with van der Waals surface area (Å²) in [7, 11) is 0. The first-order valence-corrected chi connectivity index (χ1v) is 17.5. The SMILES string of the molecule is C#C.C#C.C=CC.CC.CC1(C)C(c2ccc(C(=O)O)cc2Cl)=CC[C@]2(C)C3CCC4C(CC[C@@]5(CO)CCCC45)C3CCC12. The van der Waals surface area contributed by atoms with Crippen molar-refractivity contribution in [2.45, 2.75) is 106 Å². The van der Waals surface area contributed by atoms with Gasteiger partial charge in [-0.25, -0.2) is 4.79 Å². The Morgan fingerprint density at radius 3 is 2.13 bits per heavy atom. The quantitative estimate of drug-likeness (QED) is 0.257. The van der Waals surface area contributed by atoms with Crippen molar-refractivity contribution in [1.82, 2.24) is 0 Å². The maximum atomic E-state index is 11.4. The van der Waals surface area contributed by atoms with Crippen LogP contribution < -0.4 is 0 Å². The zero-order valence-electron chi connectivity index (χ0n) is 28.8. The third kappa shape index (κ3) is 6.97. The summed E-state index contributed by atoms with van der Waals surface area (Å²) in [5.74, 6) is 3.75. The molecule has 0 saturated heterocycles. The Kier molecular flexibility index (Phi) is 14.1. The van der Waals surface area contributed by atoms with Gasteiger partial charge >= 0.3 is 5.97 Å². The fourth-order valence-corrected chi connectivity index (χ4v) is 11.3. The Bertz CT molecular complexity index is 1220. The number of benzene rings is 1. The number of halogens is 1. The van der Waals surface area contributed by atoms with Crippen molar-refractivity contribution in [2.24, 2.45) is 51.8 Å². The van der Waals surface area contributed by atoms with Gasteiger partial charge in [0.15, 0.2) is 0 Å². The van der Waals surface area contributed by atoms with Crippen LogP contribution in [0.4, 0.5) is 0 Å². The number of carboxylic acid groups (broad SMARTS) is 1. The number of aliphatic hydroxyl groups is 1. The molecule has 5 aliphatic carbocycles. The van der Waals surface area contributed by atoms with Crippen LogP contribution in [0.3, 0.4) is 0 Å². The summed E-state index contributed by atoms with van der Waals surface area (Å²) in [4.78, 5) is 11.4. The number of aromatic carboxylic acids is 1. The van der Waals surface area contributed by atoms with Crippen LogP contribution in [0.1, 0.15) is 122 Å². The van der Waals surface area contributed by atoms with Crippen molar-refractivity contribution in [3.05, 3.63) is 53.1 Å². The molecule has 1 aromatic carbocycles. The van der Waals surface area contributed by atoms with Gasteiger partial charge < -0.3 is 10.2 Å². The van der Waals surface area contributed by atoms with Gasteiger partial charge in [-0.2, -0.15) is 0 Å². The number of carboxylic acids is 1. The summed E-state index contributed by atoms with van der Waals surface area (Å²) in [6, 6.07) is 5.24. The van der Waals surface area contributed by atoms with E-state index in [-0.39, 0.29) is 16.4 Å². The zero-order valence-corrected chi connectivity index (χ0v) is 29.6. The number of aliphatic hydroxyl groups excluding tert-OH is 1. The molecule has 0 radical (unpaired) electrons. The molecule has 1 aromatic rings. The number of terminal acetylenes is 2. The third-order valence-electron chi connectivity index (χ3n) is 12.5. The van der Waals surface area contributed by atoms with E-state index in [9.17, 15) is 15.0 Å². The lowest BCUT2D eigenvalue weighted by Crippen LogP contribution is -2.57. The summed E-state index contributed by atoms with van der Waals surface area (Å²) in [5.41, 5.74) is 3.10. The van der Waals surface area contributed by atoms with Crippen molar-refractivity contribution >= 4 is 23.1 Å². The lowest BCUT2D eigenvalue weighted by molar-refractivity contribution is -0.134. The predicted octanol–water partition coefficient (Wildman–Crippen LogP) is 10.8. The Balaban J connectivity index is 0.000000717. The van der Waals surface area contributed by atoms with Crippen molar-refractivity contribution in [2.75, 3.05) is 6.61 Å². The van der Waals surface area contributed by atoms with Crippen LogP contribution in [0, 0.1) is 77.4 Å². The first-order valence-electron chi connectivity index (χ1n) is 17.1. The molecule has 4 saturated carbocycles. The maximum absolute atomic E-state index is 11.4. The van der Waals surface area contributed by atoms with Gasteiger partial charge in [0.1, 0.15) is 0 Å². The fraction of sp³-hybridized carbons (Fsp3) is 0.634. The minimum atomic E-state index is -0.932. The molecule has 6 unspecified atom stereocenters. The Morgan fingerprint density at radius 1 is 0.956 bits per heavy atom. The third-order valence-corrected chi connectivity index (χ3v) is 12.8. The molecule has 45 heavy (non-hydrogen) atoms. The first kappa shape index (κ1) is 38.7. The molecule has 0 bridgehead atoms. The minimum Gasteiger partial charge on any atom is -0.478 e. The molecule has 3 nitrogen and oxygen atoms in total. The van der Waals surface area contributed by atoms with Crippen molar-refractivity contribution in [3.8, 4) is 25.7 Å². The summed E-state index contributed by atoms with van der Waals surface area (Å²) >= 11 is 6.68. The Hall–Kier alpha value is -2.46. The summed E-state index contributed by atoms with van der Waals surface area (Å²) < 4.78 is 0. The molecule has 4 fully saturated rings. The van der Waals surface area contributed by atoms with Gasteiger partial charge in [0.05, 0.1) is 5.56 Å². The molecule has 4 heteroatoms. The zero-order chi connectivity index (χ0) is 34.2. The molecule has 6 rings (SSSR count). The second-order valence-electron chi connectivity index (χ2n) is 14.3. The van der Waals surface area contributed by atoms with Gasteiger partial charge in [0.25, 0.3) is 0 Å². The van der Waals surface area contributed by atoms with Crippen molar-refractivity contribution in [3.63, 3.8) is 0 Å². The molecule has 0 heterocycles. The average molecular weight is 635 g/mol. The smallest absolute Gasteiger partial charge is 0.335 e. The van der Waals surface area contributed by atoms with Gasteiger partial charge in [0, 0.05) is 11.6 Å². The molecule has 248 valence electrons. The molecular weight excluding hydrogens is 576 g/mol. The number of fused-ring (bicyclic) bond motifs is 7. The lowest BCUT2D eigenvalue weighted by Gasteiger charge is -2.64. The van der Waals surface area contributed by atoms with Gasteiger partial charge in [-0.05, 0) is 140 Å². The number of rotatable bonds is 3. The van der Waals surface area contributed by atoms with Crippen LogP contribution in [0.15, 0.2) is 36.9 Å². The number of allylic oxidation sites excluding steroid dienone is 3. The average Bonchev–Trinajstić information content (AvgIpc) is 3.49. The second kappa shape index (κ2) is 16.4. The van der Waals surface area contributed by atoms with E-state index in [0.717, 1.165) is 41.6 Å². The molecule has 0 amide bonds. The van der Waals surface area contributed by atoms with Crippen LogP contribution in [0.5, 0.6) is 0 Å². The monoisotopic (exact) mass is 634 g/mol. The summed E-state index contributed by atoms with van der Waals surface area (Å²) in [6.45, 7) is 17.1. The molecule has 8 atom stereocenters. The van der Waals surface area contributed by atoms with Crippen LogP contribution in [0.25, 0.3) is 5.57 Å². The van der Waals surface area contributed by atoms with E-state index in [2.05, 4.69) is 59.1 Å². The normalized spacial score (nSPS) is 34.9. The topological polar surface area (TPSA) is 57.5 Å². The molecule has 2 N–H and O–H groups in total. The van der Waals surface area contributed by atoms with E-state index in [4.69, 9.17) is 11.6 Å². The van der Waals surface area contributed by atoms with E-state index in [0.29, 0.717) is 23.0 Å². The van der Waals surface area contributed by atoms with Crippen molar-refractivity contribution < 1.29 is 15.0 Å². The van der Waals surface area contributed by atoms with Crippen LogP contribution in [0.2, 0.25) is 5.02 Å². The van der Waals surface area contributed by atoms with E-state index < -0.39 is 5.97 Å². The molecule has 0 spiro atoms. The minimum absolute atomic E-state index is 0.00669. The number of hydrogen-bond acceptors (Lipinski definition) is 2. The predicted molar refractivity (Wildman–Crippen MR) is 192 cm³/mol. The lowest BCUT2D eigenvalue weighted by atomic mass is 9.41. The Labute approximate surface area is 280 Å². The highest BCUT2D eigenvalue weighted by molar-refractivity contribution is 6.32. The maximum Gasteiger partial charge on any atom is 0.335 e. The van der Waals surface area contributed by atoms with Gasteiger partial charge in [-0.1, -0.05) is 70.9 Å². The van der Waals surface area contributed by atoms with Gasteiger partial charge in [0.2, 0.25) is 0 Å². The van der Waals surface area contributed by atoms with E-state index in [1.165, 1.54) is 63.4 Å². The van der Waals surface area contributed by atoms with E-state index in [1.807, 2.05) is 26.8 Å². The molecule has 0 aromatic heterocycles. The van der Waals surface area contributed by atoms with Gasteiger partial charge in [-0.3, -0.25) is 0 Å². The van der Waals surface area contributed by atoms with E-state index >= 15 is 0 Å². The summed E-state index contributed by atoms with van der Waals surface area (Å²) in [5, 5.41) is 20.3. The molecule has 5 aliphatic rings. The van der Waals surface area contributed by atoms with Crippen LogP contribution in [-0.4, -0.2) is 22.8 Å². The highest BCUT2D eigenvalue weighted by Gasteiger charge is 2.61. The first-order chi connectivity index (χ1) is 21.5. The standard InChI is InChI=1S/C32H43ClO3.C3H6.C2H6.2C2H2/c1-30(2)24(23-7-6-19(29(35)36)17-27(23)33)13-15-31(3)25-10-8-22-20(21(25)9-11-28(30)31)12-16-32(18-34)14-4-5-26(22)32;1-3-2;3*1-2/h6-7,13,17,20-22,25-26,28,34H,4-5,8-12,14-16,18H2,1-3H3,(H,35,36);3H,1H2,2H3;1-2H3;2*1-2H/t20?,21?,22?,25?,26?,28?,31-,32-;;;;/m1..../s1. The van der Waals surface area contributed by atoms with E-state index in [1.54, 1.807) is 18.2 Å². The van der Waals surface area contributed by atoms with Gasteiger partial charge in [-0.15, -0.1) is 32.3 Å².